The van der Waals surface area contributed by atoms with Gasteiger partial charge in [0, 0.05) is 49.7 Å². The number of ether oxygens (including phenoxy) is 1. The SMILES string of the molecule is CC1Oc2c(-c3cc(-c4nc(-c5ccccc5)nc(-c5ccccc5)n4)cc(-c4cccc5c4oc4ccccc45)c3)cccc2-c2ccccc21. The number of hydrogen-bond acceptors (Lipinski definition) is 5. The molecule has 0 saturated heterocycles. The summed E-state index contributed by atoms with van der Waals surface area (Å²) in [5.74, 6) is 2.67. The second-order valence-electron chi connectivity index (χ2n) is 13.1. The summed E-state index contributed by atoms with van der Waals surface area (Å²) in [6.45, 7) is 2.11. The average molecular weight is 670 g/mol. The standard InChI is InChI=1S/C47H31N3O2/c1-29-35-18-8-9-19-38(35)40-23-12-21-36(43(40)51-29)32-26-33(37-22-13-24-41-39-20-10-11-25-42(39)52-44(37)41)28-34(27-32)47-49-45(30-14-4-2-5-15-30)48-46(50-47)31-16-6-3-7-17-31/h2-29H,1H3. The number of fused-ring (bicyclic) bond motifs is 6. The summed E-state index contributed by atoms with van der Waals surface area (Å²) in [7, 11) is 0. The molecule has 0 amide bonds. The zero-order valence-corrected chi connectivity index (χ0v) is 28.3. The highest BCUT2D eigenvalue weighted by molar-refractivity contribution is 6.10. The van der Waals surface area contributed by atoms with Crippen LogP contribution in [0.2, 0.25) is 0 Å². The summed E-state index contributed by atoms with van der Waals surface area (Å²) in [5.41, 5.74) is 11.8. The summed E-state index contributed by atoms with van der Waals surface area (Å²) in [4.78, 5) is 15.2. The summed E-state index contributed by atoms with van der Waals surface area (Å²) < 4.78 is 13.3. The van der Waals surface area contributed by atoms with E-state index in [4.69, 9.17) is 24.1 Å². The molecule has 52 heavy (non-hydrogen) atoms. The van der Waals surface area contributed by atoms with E-state index in [9.17, 15) is 0 Å². The van der Waals surface area contributed by atoms with E-state index >= 15 is 0 Å². The smallest absolute Gasteiger partial charge is 0.164 e. The van der Waals surface area contributed by atoms with Crippen LogP contribution in [-0.2, 0) is 0 Å². The zero-order valence-electron chi connectivity index (χ0n) is 28.3. The van der Waals surface area contributed by atoms with Gasteiger partial charge in [-0.05, 0) is 47.9 Å². The van der Waals surface area contributed by atoms with Crippen LogP contribution in [0.3, 0.4) is 0 Å². The molecule has 0 radical (unpaired) electrons. The normalized spacial score (nSPS) is 13.4. The van der Waals surface area contributed by atoms with Gasteiger partial charge in [-0.25, -0.2) is 15.0 Å². The van der Waals surface area contributed by atoms with Crippen molar-refractivity contribution in [3.05, 3.63) is 169 Å². The molecule has 3 heterocycles. The molecule has 0 N–H and O–H groups in total. The predicted octanol–water partition coefficient (Wildman–Crippen LogP) is 12.2. The minimum Gasteiger partial charge on any atom is -0.485 e. The molecular formula is C47H31N3O2. The van der Waals surface area contributed by atoms with E-state index in [2.05, 4.69) is 97.9 Å². The number of benzene rings is 7. The molecule has 1 atom stereocenters. The molecular weight excluding hydrogens is 639 g/mol. The molecule has 0 spiro atoms. The van der Waals surface area contributed by atoms with E-state index in [1.807, 2.05) is 72.8 Å². The second kappa shape index (κ2) is 12.2. The van der Waals surface area contributed by atoms with Crippen molar-refractivity contribution in [2.24, 2.45) is 0 Å². The van der Waals surface area contributed by atoms with E-state index in [-0.39, 0.29) is 6.10 Å². The third-order valence-electron chi connectivity index (χ3n) is 9.92. The van der Waals surface area contributed by atoms with Crippen LogP contribution < -0.4 is 4.74 Å². The quantitative estimate of drug-likeness (QED) is 0.182. The van der Waals surface area contributed by atoms with Crippen molar-refractivity contribution < 1.29 is 9.15 Å². The van der Waals surface area contributed by atoms with Crippen molar-refractivity contribution in [3.63, 3.8) is 0 Å². The Morgan fingerprint density at radius 1 is 0.423 bits per heavy atom. The highest BCUT2D eigenvalue weighted by Crippen LogP contribution is 2.48. The van der Waals surface area contributed by atoms with Crippen LogP contribution in [0.4, 0.5) is 0 Å². The number of furan rings is 1. The first-order valence-electron chi connectivity index (χ1n) is 17.5. The van der Waals surface area contributed by atoms with Crippen molar-refractivity contribution in [2.45, 2.75) is 13.0 Å². The summed E-state index contributed by atoms with van der Waals surface area (Å²) >= 11 is 0. The van der Waals surface area contributed by atoms with E-state index in [1.54, 1.807) is 0 Å². The Bertz CT molecular complexity index is 2730. The Balaban J connectivity index is 1.24. The lowest BCUT2D eigenvalue weighted by atomic mass is 9.89. The molecule has 7 aromatic carbocycles. The van der Waals surface area contributed by atoms with E-state index in [0.717, 1.165) is 72.2 Å². The minimum absolute atomic E-state index is 0.0952. The van der Waals surface area contributed by atoms with Gasteiger partial charge < -0.3 is 9.15 Å². The third kappa shape index (κ3) is 5.05. The van der Waals surface area contributed by atoms with Crippen LogP contribution in [0.1, 0.15) is 18.6 Å². The number of hydrogen-bond donors (Lipinski definition) is 0. The lowest BCUT2D eigenvalue weighted by molar-refractivity contribution is 0.224. The molecule has 1 aliphatic heterocycles. The van der Waals surface area contributed by atoms with Gasteiger partial charge >= 0.3 is 0 Å². The maximum absolute atomic E-state index is 6.74. The van der Waals surface area contributed by atoms with Crippen LogP contribution in [0.25, 0.3) is 89.5 Å². The first-order chi connectivity index (χ1) is 25.7. The van der Waals surface area contributed by atoms with Gasteiger partial charge in [-0.15, -0.1) is 0 Å². The molecule has 0 saturated carbocycles. The average Bonchev–Trinajstić information content (AvgIpc) is 3.60. The van der Waals surface area contributed by atoms with Crippen LogP contribution in [0.5, 0.6) is 5.75 Å². The Labute approximate surface area is 300 Å². The molecule has 246 valence electrons. The fourth-order valence-electron chi connectivity index (χ4n) is 7.42. The highest BCUT2D eigenvalue weighted by atomic mass is 16.5. The fourth-order valence-corrected chi connectivity index (χ4v) is 7.42. The minimum atomic E-state index is -0.0952. The lowest BCUT2D eigenvalue weighted by Gasteiger charge is -2.28. The van der Waals surface area contributed by atoms with E-state index in [1.165, 1.54) is 11.1 Å². The van der Waals surface area contributed by atoms with E-state index < -0.39 is 0 Å². The zero-order chi connectivity index (χ0) is 34.6. The first kappa shape index (κ1) is 30.0. The molecule has 0 aliphatic carbocycles. The van der Waals surface area contributed by atoms with E-state index in [0.29, 0.717) is 17.5 Å². The summed E-state index contributed by atoms with van der Waals surface area (Å²) in [6, 6.07) is 56.2. The number of rotatable bonds is 5. The van der Waals surface area contributed by atoms with Gasteiger partial charge in [0.2, 0.25) is 0 Å². The molecule has 10 rings (SSSR count). The Hall–Kier alpha value is -6.85. The predicted molar refractivity (Wildman–Crippen MR) is 209 cm³/mol. The van der Waals surface area contributed by atoms with Crippen LogP contribution >= 0.6 is 0 Å². The fraction of sp³-hybridized carbons (Fsp3) is 0.0426. The number of aromatic nitrogens is 3. The topological polar surface area (TPSA) is 61.0 Å². The molecule has 1 unspecified atom stereocenters. The van der Waals surface area contributed by atoms with Crippen LogP contribution in [-0.4, -0.2) is 15.0 Å². The molecule has 5 heteroatoms. The van der Waals surface area contributed by atoms with Gasteiger partial charge in [0.15, 0.2) is 17.5 Å². The molecule has 9 aromatic rings. The monoisotopic (exact) mass is 669 g/mol. The first-order valence-corrected chi connectivity index (χ1v) is 17.5. The Kier molecular flexibility index (Phi) is 7.03. The largest absolute Gasteiger partial charge is 0.485 e. The van der Waals surface area contributed by atoms with Crippen molar-refractivity contribution in [1.29, 1.82) is 0 Å². The van der Waals surface area contributed by atoms with Gasteiger partial charge in [-0.3, -0.25) is 0 Å². The molecule has 1 aliphatic rings. The third-order valence-corrected chi connectivity index (χ3v) is 9.92. The van der Waals surface area contributed by atoms with Crippen LogP contribution in [0, 0.1) is 0 Å². The van der Waals surface area contributed by atoms with Crippen molar-refractivity contribution in [1.82, 2.24) is 15.0 Å². The highest BCUT2D eigenvalue weighted by Gasteiger charge is 2.26. The Morgan fingerprint density at radius 2 is 0.942 bits per heavy atom. The molecule has 2 aromatic heterocycles. The van der Waals surface area contributed by atoms with Gasteiger partial charge in [0.05, 0.1) is 0 Å². The summed E-state index contributed by atoms with van der Waals surface area (Å²) in [6.07, 6.45) is -0.0952. The van der Waals surface area contributed by atoms with Crippen LogP contribution in [0.15, 0.2) is 168 Å². The number of nitrogens with zero attached hydrogens (tertiary/aromatic N) is 3. The van der Waals surface area contributed by atoms with Gasteiger partial charge in [0.1, 0.15) is 23.0 Å². The van der Waals surface area contributed by atoms with Gasteiger partial charge in [-0.2, -0.15) is 0 Å². The van der Waals surface area contributed by atoms with Crippen molar-refractivity contribution in [3.8, 4) is 73.3 Å². The number of para-hydroxylation sites is 3. The molecule has 5 nitrogen and oxygen atoms in total. The maximum Gasteiger partial charge on any atom is 0.164 e. The Morgan fingerprint density at radius 3 is 1.69 bits per heavy atom. The molecule has 0 fully saturated rings. The summed E-state index contributed by atoms with van der Waals surface area (Å²) in [5, 5.41) is 2.16. The maximum atomic E-state index is 6.74. The lowest BCUT2D eigenvalue weighted by Crippen LogP contribution is -2.11. The van der Waals surface area contributed by atoms with Crippen molar-refractivity contribution >= 4 is 21.9 Å². The molecule has 0 bridgehead atoms. The van der Waals surface area contributed by atoms with Crippen molar-refractivity contribution in [2.75, 3.05) is 0 Å². The second-order valence-corrected chi connectivity index (χ2v) is 13.1. The van der Waals surface area contributed by atoms with Gasteiger partial charge in [0.25, 0.3) is 0 Å². The van der Waals surface area contributed by atoms with Gasteiger partial charge in [-0.1, -0.05) is 140 Å².